The van der Waals surface area contributed by atoms with E-state index in [1.807, 2.05) is 6.07 Å². The Labute approximate surface area is 248 Å². The molecule has 43 heavy (non-hydrogen) atoms. The van der Waals surface area contributed by atoms with Crippen LogP contribution in [0.5, 0.6) is 17.2 Å². The Bertz CT molecular complexity index is 1670. The predicted octanol–water partition coefficient (Wildman–Crippen LogP) is 4.85. The number of hydrogen-bond acceptors (Lipinski definition) is 8. The van der Waals surface area contributed by atoms with E-state index in [4.69, 9.17) is 19.9 Å². The van der Waals surface area contributed by atoms with Gasteiger partial charge in [0, 0.05) is 23.1 Å². The minimum absolute atomic E-state index is 0.00842. The molecule has 10 heteroatoms. The van der Waals surface area contributed by atoms with Crippen molar-refractivity contribution in [1.82, 2.24) is 4.98 Å². The Kier molecular flexibility index (Phi) is 7.09. The maximum Gasteiger partial charge on any atom is 0.231 e. The second kappa shape index (κ2) is 10.7. The monoisotopic (exact) mass is 585 g/mol. The first kappa shape index (κ1) is 28.6. The summed E-state index contributed by atoms with van der Waals surface area (Å²) in [5, 5.41) is 21.0. The molecule has 0 spiro atoms. The first-order valence-corrected chi connectivity index (χ1v) is 14.4. The molecule has 3 N–H and O–H groups in total. The van der Waals surface area contributed by atoms with Gasteiger partial charge in [-0.3, -0.25) is 9.59 Å². The lowest BCUT2D eigenvalue weighted by Crippen LogP contribution is -2.40. The van der Waals surface area contributed by atoms with Crippen LogP contribution in [0.2, 0.25) is 0 Å². The van der Waals surface area contributed by atoms with E-state index in [9.17, 15) is 24.3 Å². The van der Waals surface area contributed by atoms with Crippen molar-refractivity contribution in [2.45, 2.75) is 75.6 Å². The van der Waals surface area contributed by atoms with Gasteiger partial charge in [-0.05, 0) is 88.4 Å². The number of nitrogens with zero attached hydrogens (tertiary/aromatic N) is 2. The highest BCUT2D eigenvalue weighted by Gasteiger charge is 2.45. The zero-order chi connectivity index (χ0) is 30.5. The molecule has 6 rings (SSSR count). The number of fused-ring (bicyclic) bond motifs is 1. The van der Waals surface area contributed by atoms with Gasteiger partial charge in [0.1, 0.15) is 41.0 Å². The molecule has 3 aromatic rings. The third-order valence-electron chi connectivity index (χ3n) is 8.27. The number of rotatable bonds is 11. The third-order valence-corrected chi connectivity index (χ3v) is 8.27. The summed E-state index contributed by atoms with van der Waals surface area (Å²) in [4.78, 5) is 30.5. The van der Waals surface area contributed by atoms with Gasteiger partial charge in [0.2, 0.25) is 5.91 Å². The number of ketones is 1. The van der Waals surface area contributed by atoms with Gasteiger partial charge in [-0.1, -0.05) is 0 Å². The van der Waals surface area contributed by atoms with Crippen LogP contribution in [0, 0.1) is 17.1 Å². The van der Waals surface area contributed by atoms with Gasteiger partial charge in [-0.25, -0.2) is 9.37 Å². The van der Waals surface area contributed by atoms with Gasteiger partial charge in [0.05, 0.1) is 23.5 Å². The van der Waals surface area contributed by atoms with Crippen molar-refractivity contribution in [2.75, 3.05) is 6.61 Å². The minimum Gasteiger partial charge on any atom is -0.489 e. The van der Waals surface area contributed by atoms with E-state index in [-0.39, 0.29) is 60.1 Å². The SMILES string of the molecule is C[C@](O)(CCC(=O)c1ccc(OC2CC2)c(OC2CC2)c1)c1cc2c(c(-c3ccc(F)c(C#N)c3)n1)OC[C@]2(C)C(N)=O. The first-order chi connectivity index (χ1) is 20.5. The van der Waals surface area contributed by atoms with Gasteiger partial charge in [-0.2, -0.15) is 5.26 Å². The fourth-order valence-electron chi connectivity index (χ4n) is 5.05. The lowest BCUT2D eigenvalue weighted by molar-refractivity contribution is -0.123. The molecule has 1 aromatic heterocycles. The maximum absolute atomic E-state index is 14.1. The van der Waals surface area contributed by atoms with Crippen molar-refractivity contribution in [2.24, 2.45) is 5.73 Å². The number of benzene rings is 2. The normalized spacial score (nSPS) is 20.3. The van der Waals surface area contributed by atoms with E-state index >= 15 is 0 Å². The average molecular weight is 586 g/mol. The molecule has 9 nitrogen and oxygen atoms in total. The number of aromatic nitrogens is 1. The summed E-state index contributed by atoms with van der Waals surface area (Å²) in [6.07, 6.45) is 4.26. The molecule has 0 saturated heterocycles. The van der Waals surface area contributed by atoms with Crippen molar-refractivity contribution in [1.29, 1.82) is 5.26 Å². The summed E-state index contributed by atoms with van der Waals surface area (Å²) in [5.74, 6) is -0.0527. The third kappa shape index (κ3) is 5.65. The highest BCUT2D eigenvalue weighted by Crippen LogP contribution is 2.46. The van der Waals surface area contributed by atoms with E-state index in [1.165, 1.54) is 19.1 Å². The van der Waals surface area contributed by atoms with Crippen molar-refractivity contribution >= 4 is 11.7 Å². The van der Waals surface area contributed by atoms with Gasteiger partial charge in [-0.15, -0.1) is 0 Å². The van der Waals surface area contributed by atoms with Crippen molar-refractivity contribution in [3.63, 3.8) is 0 Å². The number of nitriles is 1. The van der Waals surface area contributed by atoms with Gasteiger partial charge in [0.25, 0.3) is 0 Å². The molecule has 0 radical (unpaired) electrons. The molecule has 2 saturated carbocycles. The van der Waals surface area contributed by atoms with E-state index in [0.29, 0.717) is 28.2 Å². The summed E-state index contributed by atoms with van der Waals surface area (Å²) in [6, 6.07) is 12.5. The molecule has 3 aliphatic rings. The average Bonchev–Trinajstić information content (AvgIpc) is 3.93. The van der Waals surface area contributed by atoms with Crippen LogP contribution in [0.4, 0.5) is 4.39 Å². The van der Waals surface area contributed by atoms with Gasteiger partial charge >= 0.3 is 0 Å². The van der Waals surface area contributed by atoms with Gasteiger partial charge in [0.15, 0.2) is 17.3 Å². The molecule has 1 aliphatic heterocycles. The van der Waals surface area contributed by atoms with E-state index < -0.39 is 22.7 Å². The Morgan fingerprint density at radius 3 is 2.49 bits per heavy atom. The predicted molar refractivity (Wildman–Crippen MR) is 153 cm³/mol. The van der Waals surface area contributed by atoms with Gasteiger partial charge < -0.3 is 25.1 Å². The molecular formula is C33H32FN3O6. The highest BCUT2D eigenvalue weighted by atomic mass is 19.1. The number of amides is 1. The Balaban J connectivity index is 1.30. The van der Waals surface area contributed by atoms with E-state index in [2.05, 4.69) is 4.98 Å². The standard InChI is InChI=1S/C33H32FN3O6/c1-32(31(36)39)17-41-30-23(32)15-28(37-29(30)19-3-9-24(34)20(13-19)16-35)33(2,40)12-11-25(38)18-4-10-26(42-21-5-6-21)27(14-18)43-22-7-8-22/h3-4,9-10,13-15,21-22,40H,5-8,11-12,17H2,1-2H3,(H2,36,39)/t32-,33-/m0/s1. The smallest absolute Gasteiger partial charge is 0.231 e. The van der Waals surface area contributed by atoms with Crippen molar-refractivity contribution < 1.29 is 33.3 Å². The number of nitrogens with two attached hydrogens (primary N) is 1. The summed E-state index contributed by atoms with van der Waals surface area (Å²) >= 11 is 0. The lowest BCUT2D eigenvalue weighted by Gasteiger charge is -2.26. The zero-order valence-corrected chi connectivity index (χ0v) is 24.0. The van der Waals surface area contributed by atoms with Crippen molar-refractivity contribution in [3.05, 3.63) is 70.7 Å². The molecule has 2 atom stereocenters. The molecular weight excluding hydrogens is 553 g/mol. The number of primary amides is 1. The second-order valence-electron chi connectivity index (χ2n) is 12.0. The fraction of sp³-hybridized carbons (Fsp3) is 0.394. The quantitative estimate of drug-likeness (QED) is 0.304. The van der Waals surface area contributed by atoms with Crippen molar-refractivity contribution in [3.8, 4) is 34.6 Å². The summed E-state index contributed by atoms with van der Waals surface area (Å²) in [6.45, 7) is 3.13. The minimum atomic E-state index is -1.61. The van der Waals surface area contributed by atoms with Crippen LogP contribution in [0.1, 0.15) is 79.6 Å². The number of carbonyl (C=O) groups is 2. The van der Waals surface area contributed by atoms with Crippen LogP contribution in [0.3, 0.4) is 0 Å². The Morgan fingerprint density at radius 1 is 1.14 bits per heavy atom. The Hall–Kier alpha value is -4.49. The number of pyridine rings is 1. The number of ether oxygens (including phenoxy) is 3. The molecule has 2 heterocycles. The van der Waals surface area contributed by atoms with Crippen LogP contribution in [-0.4, -0.2) is 40.6 Å². The Morgan fingerprint density at radius 2 is 1.84 bits per heavy atom. The summed E-state index contributed by atoms with van der Waals surface area (Å²) in [5.41, 5.74) is 4.38. The van der Waals surface area contributed by atoms with E-state index in [0.717, 1.165) is 31.7 Å². The van der Waals surface area contributed by atoms with Crippen LogP contribution in [0.15, 0.2) is 42.5 Å². The second-order valence-corrected chi connectivity index (χ2v) is 12.0. The molecule has 2 fully saturated rings. The molecule has 2 aromatic carbocycles. The fourth-order valence-corrected chi connectivity index (χ4v) is 5.05. The largest absolute Gasteiger partial charge is 0.489 e. The first-order valence-electron chi connectivity index (χ1n) is 14.4. The molecule has 222 valence electrons. The number of carbonyl (C=O) groups excluding carboxylic acids is 2. The lowest BCUT2D eigenvalue weighted by atomic mass is 9.81. The highest BCUT2D eigenvalue weighted by molar-refractivity contribution is 5.96. The van der Waals surface area contributed by atoms with E-state index in [1.54, 1.807) is 31.2 Å². The topological polar surface area (TPSA) is 145 Å². The zero-order valence-electron chi connectivity index (χ0n) is 24.0. The molecule has 0 unspecified atom stereocenters. The van der Waals surface area contributed by atoms with Crippen LogP contribution in [0.25, 0.3) is 11.3 Å². The number of aliphatic hydroxyl groups is 1. The van der Waals surface area contributed by atoms with Crippen LogP contribution < -0.4 is 19.9 Å². The number of hydrogen-bond donors (Lipinski definition) is 2. The van der Waals surface area contributed by atoms with Crippen LogP contribution >= 0.6 is 0 Å². The molecule has 0 bridgehead atoms. The number of Topliss-reactive ketones (excluding diaryl/α,β-unsaturated/α-hetero) is 1. The summed E-state index contributed by atoms with van der Waals surface area (Å²) in [7, 11) is 0. The molecule has 2 aliphatic carbocycles. The number of halogens is 1. The maximum atomic E-state index is 14.1. The summed E-state index contributed by atoms with van der Waals surface area (Å²) < 4.78 is 32.0. The van der Waals surface area contributed by atoms with Crippen LogP contribution in [-0.2, 0) is 15.8 Å². The molecule has 1 amide bonds.